The van der Waals surface area contributed by atoms with Crippen LogP contribution in [0, 0.1) is 23.5 Å². The summed E-state index contributed by atoms with van der Waals surface area (Å²) in [5.74, 6) is 0.315. The number of likely N-dealkylation sites (tertiary alicyclic amines) is 2. The van der Waals surface area contributed by atoms with Crippen molar-refractivity contribution in [2.24, 2.45) is 11.8 Å². The number of hydrogen-bond acceptors (Lipinski definition) is 8. The molecule has 1 saturated carbocycles. The Morgan fingerprint density at radius 3 is 1.33 bits per heavy atom. The molecule has 16 heteroatoms. The number of nitrogens with zero attached hydrogens (tertiary/aromatic N) is 6. The summed E-state index contributed by atoms with van der Waals surface area (Å²) in [6, 6.07) is 6.97. The normalized spacial score (nSPS) is 22.4. The van der Waals surface area contributed by atoms with Gasteiger partial charge in [-0.05, 0) is 115 Å². The number of imidazole rings is 2. The predicted molar refractivity (Wildman–Crippen MR) is 243 cm³/mol. The van der Waals surface area contributed by atoms with Gasteiger partial charge in [0.05, 0.1) is 34.2 Å². The van der Waals surface area contributed by atoms with Gasteiger partial charge in [0.15, 0.2) is 0 Å². The van der Waals surface area contributed by atoms with Crippen molar-refractivity contribution in [3.05, 3.63) is 59.7 Å². The van der Waals surface area contributed by atoms with E-state index in [1.54, 1.807) is 40.1 Å². The number of nitrogens with one attached hydrogen (secondary N) is 4. The average molecular weight is 887 g/mol. The molecule has 2 aromatic carbocycles. The summed E-state index contributed by atoms with van der Waals surface area (Å²) in [5, 5.41) is 11.9. The largest absolute Gasteiger partial charge is 0.343 e. The van der Waals surface area contributed by atoms with Gasteiger partial charge in [-0.15, -0.1) is 0 Å². The summed E-state index contributed by atoms with van der Waals surface area (Å²) in [7, 11) is 3.43. The van der Waals surface area contributed by atoms with Crippen molar-refractivity contribution in [3.63, 3.8) is 0 Å². The van der Waals surface area contributed by atoms with Crippen LogP contribution in [0.1, 0.15) is 116 Å². The Kier molecular flexibility index (Phi) is 14.7. The molecule has 2 aliphatic heterocycles. The number of carbonyl (C=O) groups is 4. The van der Waals surface area contributed by atoms with Crippen molar-refractivity contribution < 1.29 is 28.0 Å². The number of hydrogen-bond donors (Lipinski definition) is 4. The van der Waals surface area contributed by atoms with Crippen LogP contribution < -0.4 is 21.3 Å². The number of fused-ring (bicyclic) bond motifs is 2. The second-order valence-electron chi connectivity index (χ2n) is 19.1. The molecule has 0 bridgehead atoms. The van der Waals surface area contributed by atoms with Crippen molar-refractivity contribution in [3.8, 4) is 0 Å². The molecule has 3 fully saturated rings. The molecule has 7 rings (SSSR count). The zero-order valence-corrected chi connectivity index (χ0v) is 38.8. The topological polar surface area (TPSA) is 159 Å². The van der Waals surface area contributed by atoms with Crippen molar-refractivity contribution in [2.75, 3.05) is 27.2 Å². The molecule has 4 amide bonds. The first-order chi connectivity index (χ1) is 30.6. The first-order valence-corrected chi connectivity index (χ1v) is 23.5. The maximum atomic E-state index is 14.7. The van der Waals surface area contributed by atoms with Crippen LogP contribution in [0.5, 0.6) is 0 Å². The number of aromatic nitrogens is 4. The fourth-order valence-corrected chi connectivity index (χ4v) is 10.1. The molecule has 4 aromatic rings. The number of amides is 4. The van der Waals surface area contributed by atoms with Gasteiger partial charge in [0.2, 0.25) is 23.6 Å². The fraction of sp³-hybridized carbons (Fsp3) is 0.625. The highest BCUT2D eigenvalue weighted by molar-refractivity contribution is 5.91. The molecule has 0 radical (unpaired) electrons. The lowest BCUT2D eigenvalue weighted by Crippen LogP contribution is -2.55. The quantitative estimate of drug-likeness (QED) is 0.114. The third-order valence-corrected chi connectivity index (χ3v) is 14.2. The minimum absolute atomic E-state index is 0.0648. The molecule has 348 valence electrons. The van der Waals surface area contributed by atoms with Gasteiger partial charge in [-0.3, -0.25) is 19.2 Å². The van der Waals surface area contributed by atoms with E-state index in [0.717, 1.165) is 74.0 Å². The monoisotopic (exact) mass is 887 g/mol. The van der Waals surface area contributed by atoms with E-state index in [0.29, 0.717) is 37.2 Å². The Bertz CT molecular complexity index is 2160. The highest BCUT2D eigenvalue weighted by atomic mass is 19.1. The van der Waals surface area contributed by atoms with Crippen LogP contribution in [0.2, 0.25) is 0 Å². The van der Waals surface area contributed by atoms with Crippen LogP contribution in [0.15, 0.2) is 36.4 Å². The molecule has 3 aliphatic rings. The van der Waals surface area contributed by atoms with Crippen LogP contribution in [0.4, 0.5) is 8.78 Å². The molecule has 4 N–H and O–H groups in total. The van der Waals surface area contributed by atoms with Crippen LogP contribution >= 0.6 is 0 Å². The molecule has 0 spiro atoms. The van der Waals surface area contributed by atoms with E-state index in [2.05, 4.69) is 30.4 Å². The van der Waals surface area contributed by atoms with E-state index < -0.39 is 24.2 Å². The van der Waals surface area contributed by atoms with E-state index >= 15 is 0 Å². The maximum absolute atomic E-state index is 14.7. The van der Waals surface area contributed by atoms with Crippen molar-refractivity contribution >= 4 is 45.7 Å². The zero-order valence-electron chi connectivity index (χ0n) is 38.8. The number of carbonyl (C=O) groups excluding carboxylic acids is 4. The summed E-state index contributed by atoms with van der Waals surface area (Å²) in [5.41, 5.74) is 2.81. The molecule has 6 atom stereocenters. The van der Waals surface area contributed by atoms with E-state index in [1.165, 1.54) is 24.3 Å². The van der Waals surface area contributed by atoms with Crippen molar-refractivity contribution in [1.82, 2.24) is 50.2 Å². The third-order valence-electron chi connectivity index (χ3n) is 14.2. The number of benzene rings is 2. The van der Waals surface area contributed by atoms with E-state index in [1.807, 2.05) is 37.5 Å². The van der Waals surface area contributed by atoms with Gasteiger partial charge < -0.3 is 40.2 Å². The molecular weight excluding hydrogens is 819 g/mol. The highest BCUT2D eigenvalue weighted by Gasteiger charge is 2.39. The standard InChI is InChI=1S/C48H68F2N10O4/c1-27(2)41(55-45(61)29(5)51-7)47(63)57-21-9-11-35(57)25-59-39-19-17-33(49)23-37(39)53-43(59)31-13-15-32(16-14-31)44-54-38-24-34(50)18-20-40(38)60(44)26-36-12-10-22-58(36)48(64)42(28(3)4)56-46(62)30(6)52-8/h17-20,23-24,27-32,35-36,41-42,51-52H,9-16,21-22,25-26H2,1-8H3,(H,55,61)(H,56,62)/t29-,30-,31?,32?,35+,36+,41-,42-/m1/s1. The van der Waals surface area contributed by atoms with E-state index in [-0.39, 0.29) is 71.0 Å². The lowest BCUT2D eigenvalue weighted by Gasteiger charge is -2.34. The average Bonchev–Trinajstić information content (AvgIpc) is 4.09. The Balaban J connectivity index is 1.12. The highest BCUT2D eigenvalue weighted by Crippen LogP contribution is 2.42. The van der Waals surface area contributed by atoms with Gasteiger partial charge in [-0.25, -0.2) is 18.7 Å². The van der Waals surface area contributed by atoms with Gasteiger partial charge in [0, 0.05) is 62.2 Å². The Morgan fingerprint density at radius 2 is 0.984 bits per heavy atom. The molecule has 4 heterocycles. The predicted octanol–water partition coefficient (Wildman–Crippen LogP) is 5.59. The maximum Gasteiger partial charge on any atom is 0.245 e. The molecule has 14 nitrogen and oxygen atoms in total. The summed E-state index contributed by atoms with van der Waals surface area (Å²) < 4.78 is 33.8. The van der Waals surface area contributed by atoms with Gasteiger partial charge in [-0.1, -0.05) is 27.7 Å². The van der Waals surface area contributed by atoms with Gasteiger partial charge in [0.25, 0.3) is 0 Å². The SMILES string of the molecule is CN[C@H](C)C(=O)N[C@@H](C(=O)N1CCC[C@H]1Cn1c(C2CCC(c3nc4cc(F)ccc4n3C[C@@H]3CCCN3C(=O)[C@H](NC(=O)[C@@H](C)NC)C(C)C)CC2)nc2cc(F)ccc21)C(C)C. The van der Waals surface area contributed by atoms with E-state index in [4.69, 9.17) is 9.97 Å². The molecule has 64 heavy (non-hydrogen) atoms. The molecule has 0 unspecified atom stereocenters. The molecular formula is C48H68F2N10O4. The van der Waals surface area contributed by atoms with Gasteiger partial charge in [0.1, 0.15) is 35.4 Å². The lowest BCUT2D eigenvalue weighted by atomic mass is 9.81. The van der Waals surface area contributed by atoms with Crippen LogP contribution in [-0.2, 0) is 32.3 Å². The van der Waals surface area contributed by atoms with E-state index in [9.17, 15) is 28.0 Å². The number of halogens is 2. The van der Waals surface area contributed by atoms with Crippen LogP contribution in [0.25, 0.3) is 22.1 Å². The van der Waals surface area contributed by atoms with Gasteiger partial charge in [-0.2, -0.15) is 0 Å². The summed E-state index contributed by atoms with van der Waals surface area (Å²) in [6.45, 7) is 13.5. The minimum Gasteiger partial charge on any atom is -0.343 e. The Labute approximate surface area is 375 Å². The van der Waals surface area contributed by atoms with Gasteiger partial charge >= 0.3 is 0 Å². The third kappa shape index (κ3) is 9.82. The number of rotatable bonds is 16. The van der Waals surface area contributed by atoms with Crippen molar-refractivity contribution in [2.45, 2.75) is 154 Å². The number of likely N-dealkylation sites (N-methyl/N-ethyl adjacent to an activating group) is 2. The first-order valence-electron chi connectivity index (χ1n) is 23.5. The summed E-state index contributed by atoms with van der Waals surface area (Å²) in [4.78, 5) is 68.2. The molecule has 2 aromatic heterocycles. The minimum atomic E-state index is -0.665. The summed E-state index contributed by atoms with van der Waals surface area (Å²) >= 11 is 0. The first kappa shape index (κ1) is 47.0. The van der Waals surface area contributed by atoms with Crippen LogP contribution in [0.3, 0.4) is 0 Å². The second-order valence-corrected chi connectivity index (χ2v) is 19.1. The summed E-state index contributed by atoms with van der Waals surface area (Å²) in [6.07, 6.45) is 6.45. The molecule has 2 saturated heterocycles. The Morgan fingerprint density at radius 1 is 0.609 bits per heavy atom. The Hall–Kier alpha value is -4.96. The lowest BCUT2D eigenvalue weighted by molar-refractivity contribution is -0.139. The van der Waals surface area contributed by atoms with Crippen LogP contribution in [-0.4, -0.2) is 116 Å². The molecule has 1 aliphatic carbocycles. The second kappa shape index (κ2) is 20.1. The van der Waals surface area contributed by atoms with Crippen molar-refractivity contribution in [1.29, 1.82) is 0 Å². The fourth-order valence-electron chi connectivity index (χ4n) is 10.1. The zero-order chi connectivity index (χ0) is 46.0. The smallest absolute Gasteiger partial charge is 0.245 e.